The number of thiophene rings is 1. The van der Waals surface area contributed by atoms with Gasteiger partial charge in [0.15, 0.2) is 17.7 Å². The maximum atomic E-state index is 13.4. The van der Waals surface area contributed by atoms with Crippen LogP contribution in [0.15, 0.2) is 40.6 Å². The average molecular weight is 379 g/mol. The van der Waals surface area contributed by atoms with Crippen molar-refractivity contribution in [1.29, 1.82) is 0 Å². The van der Waals surface area contributed by atoms with E-state index in [-0.39, 0.29) is 9.96 Å². The van der Waals surface area contributed by atoms with E-state index in [0.29, 0.717) is 4.34 Å². The van der Waals surface area contributed by atoms with Crippen LogP contribution in [-0.4, -0.2) is 20.4 Å². The van der Waals surface area contributed by atoms with Crippen molar-refractivity contribution >= 4 is 38.9 Å². The lowest BCUT2D eigenvalue weighted by Crippen LogP contribution is -2.46. The number of halogens is 2. The Morgan fingerprint density at radius 2 is 2.00 bits per heavy atom. The highest BCUT2D eigenvalue weighted by Crippen LogP contribution is 2.25. The van der Waals surface area contributed by atoms with Crippen molar-refractivity contribution in [1.82, 2.24) is 10.3 Å². The van der Waals surface area contributed by atoms with Gasteiger partial charge < -0.3 is 4.74 Å². The summed E-state index contributed by atoms with van der Waals surface area (Å²) >= 11 is 6.51. The molecule has 0 bridgehead atoms. The van der Waals surface area contributed by atoms with E-state index in [4.69, 9.17) is 16.3 Å². The molecule has 6 nitrogen and oxygen atoms in total. The van der Waals surface area contributed by atoms with Gasteiger partial charge in [-0.25, -0.2) is 12.8 Å². The van der Waals surface area contributed by atoms with E-state index in [1.54, 1.807) is 6.07 Å². The van der Waals surface area contributed by atoms with Gasteiger partial charge in [-0.15, -0.1) is 16.2 Å². The lowest BCUT2D eigenvalue weighted by atomic mass is 10.3. The van der Waals surface area contributed by atoms with Crippen LogP contribution in [0.1, 0.15) is 6.92 Å². The second kappa shape index (κ2) is 7.26. The van der Waals surface area contributed by atoms with E-state index in [0.717, 1.165) is 11.3 Å². The van der Waals surface area contributed by atoms with Gasteiger partial charge in [0, 0.05) is 0 Å². The van der Waals surface area contributed by atoms with Crippen molar-refractivity contribution in [3.8, 4) is 5.75 Å². The van der Waals surface area contributed by atoms with Gasteiger partial charge in [-0.1, -0.05) is 23.7 Å². The molecule has 0 aliphatic rings. The highest BCUT2D eigenvalue weighted by molar-refractivity contribution is 7.91. The first kappa shape index (κ1) is 17.7. The Morgan fingerprint density at radius 3 is 2.61 bits per heavy atom. The van der Waals surface area contributed by atoms with Gasteiger partial charge in [-0.3, -0.25) is 10.2 Å². The molecule has 2 rings (SSSR count). The number of nitrogens with one attached hydrogen (secondary N) is 2. The third-order valence-electron chi connectivity index (χ3n) is 2.63. The van der Waals surface area contributed by atoms with Crippen LogP contribution in [-0.2, 0) is 14.8 Å². The number of amides is 1. The Balaban J connectivity index is 1.95. The predicted octanol–water partition coefficient (Wildman–Crippen LogP) is 2.32. The molecule has 0 unspecified atom stereocenters. The predicted molar refractivity (Wildman–Crippen MR) is 84.3 cm³/mol. The lowest BCUT2D eigenvalue weighted by molar-refractivity contribution is -0.127. The largest absolute Gasteiger partial charge is 0.478 e. The van der Waals surface area contributed by atoms with Crippen LogP contribution in [0.25, 0.3) is 0 Å². The van der Waals surface area contributed by atoms with Crippen LogP contribution in [0.3, 0.4) is 0 Å². The molecule has 0 saturated heterocycles. The zero-order chi connectivity index (χ0) is 17.0. The summed E-state index contributed by atoms with van der Waals surface area (Å²) in [6, 6.07) is 8.30. The first-order chi connectivity index (χ1) is 10.8. The van der Waals surface area contributed by atoms with Gasteiger partial charge in [0.25, 0.3) is 15.9 Å². The monoisotopic (exact) mass is 378 g/mol. The Kier molecular flexibility index (Phi) is 5.58. The summed E-state index contributed by atoms with van der Waals surface area (Å²) in [5, 5.41) is 0. The van der Waals surface area contributed by atoms with E-state index in [1.807, 2.05) is 10.3 Å². The molecule has 1 heterocycles. The van der Waals surface area contributed by atoms with Gasteiger partial charge >= 0.3 is 0 Å². The molecule has 0 saturated carbocycles. The first-order valence-electron chi connectivity index (χ1n) is 6.28. The normalized spacial score (nSPS) is 12.7. The van der Waals surface area contributed by atoms with Gasteiger partial charge in [0.05, 0.1) is 4.34 Å². The summed E-state index contributed by atoms with van der Waals surface area (Å²) in [4.78, 5) is 13.8. The molecule has 0 spiro atoms. The quantitative estimate of drug-likeness (QED) is 0.755. The molecule has 2 N–H and O–H groups in total. The zero-order valence-electron chi connectivity index (χ0n) is 11.7. The molecular weight excluding hydrogens is 367 g/mol. The van der Waals surface area contributed by atoms with Crippen LogP contribution in [0.4, 0.5) is 4.39 Å². The fraction of sp³-hybridized carbons (Fsp3) is 0.154. The van der Waals surface area contributed by atoms with Crippen LogP contribution < -0.4 is 15.0 Å². The second-order valence-electron chi connectivity index (χ2n) is 4.34. The number of hydrogen-bond acceptors (Lipinski definition) is 5. The smallest absolute Gasteiger partial charge is 0.275 e. The van der Waals surface area contributed by atoms with Gasteiger partial charge in [0.2, 0.25) is 0 Å². The summed E-state index contributed by atoms with van der Waals surface area (Å²) in [7, 11) is -3.93. The molecule has 0 aliphatic heterocycles. The molecule has 1 atom stereocenters. The minimum atomic E-state index is -3.93. The minimum Gasteiger partial charge on any atom is -0.478 e. The number of rotatable bonds is 6. The van der Waals surface area contributed by atoms with Gasteiger partial charge in [-0.2, -0.15) is 0 Å². The molecule has 2 aromatic rings. The Bertz CT molecular complexity index is 810. The van der Waals surface area contributed by atoms with Gasteiger partial charge in [0.1, 0.15) is 4.21 Å². The number of ether oxygens (including phenoxy) is 1. The van der Waals surface area contributed by atoms with E-state index in [9.17, 15) is 17.6 Å². The van der Waals surface area contributed by atoms with Crippen molar-refractivity contribution in [2.45, 2.75) is 17.2 Å². The topological polar surface area (TPSA) is 84.5 Å². The lowest BCUT2D eigenvalue weighted by Gasteiger charge is -2.15. The van der Waals surface area contributed by atoms with Crippen molar-refractivity contribution in [3.05, 3.63) is 46.6 Å². The number of hydrazine groups is 1. The first-order valence-corrected chi connectivity index (χ1v) is 8.95. The highest BCUT2D eigenvalue weighted by atomic mass is 35.5. The van der Waals surface area contributed by atoms with E-state index < -0.39 is 27.9 Å². The molecule has 1 aromatic heterocycles. The second-order valence-corrected chi connectivity index (χ2v) is 7.97. The van der Waals surface area contributed by atoms with E-state index in [2.05, 4.69) is 0 Å². The van der Waals surface area contributed by atoms with E-state index in [1.165, 1.54) is 37.3 Å². The summed E-state index contributed by atoms with van der Waals surface area (Å²) < 4.78 is 42.6. The Hall–Kier alpha value is -1.68. The zero-order valence-corrected chi connectivity index (χ0v) is 14.1. The maximum absolute atomic E-state index is 13.4. The third kappa shape index (κ3) is 4.64. The fourth-order valence-corrected chi connectivity index (χ4v) is 3.83. The summed E-state index contributed by atoms with van der Waals surface area (Å²) in [6.45, 7) is 1.36. The molecule has 10 heteroatoms. The molecule has 0 radical (unpaired) electrons. The molecule has 1 aromatic carbocycles. The number of carbonyl (C=O) groups is 1. The maximum Gasteiger partial charge on any atom is 0.275 e. The van der Waals surface area contributed by atoms with Crippen molar-refractivity contribution in [2.24, 2.45) is 0 Å². The van der Waals surface area contributed by atoms with E-state index >= 15 is 0 Å². The highest BCUT2D eigenvalue weighted by Gasteiger charge is 2.21. The third-order valence-corrected chi connectivity index (χ3v) is 5.60. The molecule has 124 valence electrons. The summed E-state index contributed by atoms with van der Waals surface area (Å²) in [5.74, 6) is -1.51. The fourth-order valence-electron chi connectivity index (χ4n) is 1.50. The summed E-state index contributed by atoms with van der Waals surface area (Å²) in [6.07, 6.45) is -1.11. The van der Waals surface area contributed by atoms with Gasteiger partial charge in [-0.05, 0) is 31.2 Å². The SMILES string of the molecule is C[C@@H](Oc1ccccc1F)C(=O)NNS(=O)(=O)c1ccc(Cl)s1. The van der Waals surface area contributed by atoms with Crippen molar-refractivity contribution in [3.63, 3.8) is 0 Å². The number of hydrogen-bond donors (Lipinski definition) is 2. The Labute approximate surface area is 141 Å². The molecule has 0 fully saturated rings. The average Bonchev–Trinajstić information content (AvgIpc) is 2.94. The van der Waals surface area contributed by atoms with Crippen molar-refractivity contribution < 1.29 is 22.3 Å². The molecular formula is C13H12ClFN2O4S2. The number of para-hydroxylation sites is 1. The summed E-state index contributed by atoms with van der Waals surface area (Å²) in [5.41, 5.74) is 2.01. The van der Waals surface area contributed by atoms with Crippen molar-refractivity contribution in [2.75, 3.05) is 0 Å². The minimum absolute atomic E-state index is 0.0505. The molecule has 1 amide bonds. The van der Waals surface area contributed by atoms with Crippen LogP contribution in [0.5, 0.6) is 5.75 Å². The molecule has 0 aliphatic carbocycles. The molecule has 23 heavy (non-hydrogen) atoms. The Morgan fingerprint density at radius 1 is 1.30 bits per heavy atom. The number of sulfonamides is 1. The number of carbonyl (C=O) groups excluding carboxylic acids is 1. The van der Waals surface area contributed by atoms with Crippen LogP contribution in [0, 0.1) is 5.82 Å². The van der Waals surface area contributed by atoms with Crippen LogP contribution in [0.2, 0.25) is 4.34 Å². The standard InChI is InChI=1S/C13H12ClFN2O4S2/c1-8(21-10-5-3-2-4-9(10)15)13(18)16-17-23(19,20)12-7-6-11(14)22-12/h2-8,17H,1H3,(H,16,18)/t8-/m1/s1. The van der Waals surface area contributed by atoms with Crippen LogP contribution >= 0.6 is 22.9 Å². The number of benzene rings is 1.